The molecule has 2 aromatic carbocycles. The summed E-state index contributed by atoms with van der Waals surface area (Å²) in [5.41, 5.74) is 5.43. The van der Waals surface area contributed by atoms with Crippen LogP contribution in [0.15, 0.2) is 66.9 Å². The molecular formula is C25H24N2O4. The topological polar surface area (TPSA) is 73.1 Å². The predicted octanol–water partition coefficient (Wildman–Crippen LogP) is 5.29. The highest BCUT2D eigenvalue weighted by Crippen LogP contribution is 2.29. The van der Waals surface area contributed by atoms with E-state index in [0.717, 1.165) is 28.0 Å². The first-order valence-electron chi connectivity index (χ1n) is 10.0. The fraction of sp³-hybridized carbons (Fsp3) is 0.200. The Morgan fingerprint density at radius 1 is 1.13 bits per heavy atom. The molecule has 6 nitrogen and oxygen atoms in total. The molecule has 0 amide bonds. The number of benzene rings is 2. The van der Waals surface area contributed by atoms with Crippen LogP contribution in [0.2, 0.25) is 0 Å². The third kappa shape index (κ3) is 4.15. The number of pyridine rings is 1. The lowest BCUT2D eigenvalue weighted by molar-refractivity contribution is 0.0498. The lowest BCUT2D eigenvalue weighted by Crippen LogP contribution is -2.07. The zero-order chi connectivity index (χ0) is 22.0. The molecular weight excluding hydrogens is 392 g/mol. The van der Waals surface area contributed by atoms with Gasteiger partial charge in [0.1, 0.15) is 5.65 Å². The van der Waals surface area contributed by atoms with Crippen molar-refractivity contribution in [1.82, 2.24) is 9.38 Å². The van der Waals surface area contributed by atoms with Gasteiger partial charge in [0.25, 0.3) is 0 Å². The van der Waals surface area contributed by atoms with Crippen LogP contribution in [0.25, 0.3) is 16.8 Å². The summed E-state index contributed by atoms with van der Waals surface area (Å²) in [5, 5.41) is 9.75. The number of imidazole rings is 1. The normalized spacial score (nSPS) is 12.1. The molecule has 2 aromatic heterocycles. The lowest BCUT2D eigenvalue weighted by atomic mass is 9.96. The van der Waals surface area contributed by atoms with Crippen LogP contribution in [0.3, 0.4) is 0 Å². The van der Waals surface area contributed by atoms with Crippen molar-refractivity contribution in [2.24, 2.45) is 0 Å². The third-order valence-corrected chi connectivity index (χ3v) is 5.39. The number of nitrogens with zero attached hydrogens (tertiary/aromatic N) is 2. The summed E-state index contributed by atoms with van der Waals surface area (Å²) in [7, 11) is 1.59. The average Bonchev–Trinajstić information content (AvgIpc) is 3.24. The Balaban J connectivity index is 1.58. The predicted molar refractivity (Wildman–Crippen MR) is 119 cm³/mol. The van der Waals surface area contributed by atoms with E-state index >= 15 is 0 Å². The molecule has 1 unspecified atom stereocenters. The van der Waals surface area contributed by atoms with Gasteiger partial charge in [-0.05, 0) is 48.2 Å². The SMILES string of the molecule is COc1cn2c(COC(C)c3ccc(-c4ccccc4)c(C(=O)O)c3)ccc(C)c2n1. The van der Waals surface area contributed by atoms with Crippen LogP contribution >= 0.6 is 0 Å². The number of aryl methyl sites for hydroxylation is 1. The van der Waals surface area contributed by atoms with E-state index in [9.17, 15) is 9.90 Å². The highest BCUT2D eigenvalue weighted by atomic mass is 16.5. The maximum absolute atomic E-state index is 11.9. The lowest BCUT2D eigenvalue weighted by Gasteiger charge is -2.17. The van der Waals surface area contributed by atoms with Crippen molar-refractivity contribution in [1.29, 1.82) is 0 Å². The molecule has 0 saturated carbocycles. The Labute approximate surface area is 180 Å². The minimum Gasteiger partial charge on any atom is -0.480 e. The fourth-order valence-corrected chi connectivity index (χ4v) is 3.62. The minimum absolute atomic E-state index is 0.260. The van der Waals surface area contributed by atoms with Crippen molar-refractivity contribution in [3.63, 3.8) is 0 Å². The van der Waals surface area contributed by atoms with E-state index in [0.29, 0.717) is 18.1 Å². The largest absolute Gasteiger partial charge is 0.480 e. The zero-order valence-corrected chi connectivity index (χ0v) is 17.7. The number of rotatable bonds is 7. The molecule has 1 N–H and O–H groups in total. The van der Waals surface area contributed by atoms with Gasteiger partial charge in [0.05, 0.1) is 37.3 Å². The van der Waals surface area contributed by atoms with Gasteiger partial charge in [0.15, 0.2) is 0 Å². The smallest absolute Gasteiger partial charge is 0.336 e. The van der Waals surface area contributed by atoms with Gasteiger partial charge in [0.2, 0.25) is 5.88 Å². The second-order valence-electron chi connectivity index (χ2n) is 7.41. The summed E-state index contributed by atoms with van der Waals surface area (Å²) in [6.07, 6.45) is 1.55. The Bertz CT molecular complexity index is 1230. The number of carboxylic acid groups (broad SMARTS) is 1. The zero-order valence-electron chi connectivity index (χ0n) is 17.7. The number of hydrogen-bond donors (Lipinski definition) is 1. The molecule has 0 spiro atoms. The second kappa shape index (κ2) is 8.62. The van der Waals surface area contributed by atoms with Gasteiger partial charge >= 0.3 is 5.97 Å². The molecule has 2 heterocycles. The Morgan fingerprint density at radius 2 is 1.90 bits per heavy atom. The second-order valence-corrected chi connectivity index (χ2v) is 7.41. The minimum atomic E-state index is -0.960. The fourth-order valence-electron chi connectivity index (χ4n) is 3.62. The first-order chi connectivity index (χ1) is 15.0. The number of aromatic nitrogens is 2. The highest BCUT2D eigenvalue weighted by Gasteiger charge is 2.16. The average molecular weight is 416 g/mol. The maximum atomic E-state index is 11.9. The molecule has 0 aliphatic rings. The van der Waals surface area contributed by atoms with Crippen LogP contribution in [-0.4, -0.2) is 27.6 Å². The van der Waals surface area contributed by atoms with Gasteiger partial charge in [-0.1, -0.05) is 48.5 Å². The van der Waals surface area contributed by atoms with Crippen molar-refractivity contribution < 1.29 is 19.4 Å². The summed E-state index contributed by atoms with van der Waals surface area (Å²) < 4.78 is 13.3. The summed E-state index contributed by atoms with van der Waals surface area (Å²) >= 11 is 0. The van der Waals surface area contributed by atoms with E-state index in [1.165, 1.54) is 0 Å². The molecule has 0 aliphatic carbocycles. The highest BCUT2D eigenvalue weighted by molar-refractivity contribution is 5.96. The number of carbonyl (C=O) groups is 1. The molecule has 31 heavy (non-hydrogen) atoms. The monoisotopic (exact) mass is 416 g/mol. The number of ether oxygens (including phenoxy) is 2. The molecule has 4 aromatic rings. The van der Waals surface area contributed by atoms with Crippen LogP contribution in [0.4, 0.5) is 0 Å². The summed E-state index contributed by atoms with van der Waals surface area (Å²) in [6.45, 7) is 4.26. The summed E-state index contributed by atoms with van der Waals surface area (Å²) in [4.78, 5) is 16.4. The first-order valence-corrected chi connectivity index (χ1v) is 10.0. The van der Waals surface area contributed by atoms with Crippen molar-refractivity contribution in [3.05, 3.63) is 89.2 Å². The van der Waals surface area contributed by atoms with Crippen LogP contribution < -0.4 is 4.74 Å². The van der Waals surface area contributed by atoms with Crippen molar-refractivity contribution in [2.75, 3.05) is 7.11 Å². The molecule has 6 heteroatoms. The van der Waals surface area contributed by atoms with E-state index < -0.39 is 5.97 Å². The Kier molecular flexibility index (Phi) is 5.73. The maximum Gasteiger partial charge on any atom is 0.336 e. The van der Waals surface area contributed by atoms with E-state index in [4.69, 9.17) is 9.47 Å². The van der Waals surface area contributed by atoms with Crippen LogP contribution in [-0.2, 0) is 11.3 Å². The third-order valence-electron chi connectivity index (χ3n) is 5.39. The number of carboxylic acids is 1. The van der Waals surface area contributed by atoms with E-state index in [2.05, 4.69) is 4.98 Å². The molecule has 0 fully saturated rings. The van der Waals surface area contributed by atoms with Gasteiger partial charge in [-0.15, -0.1) is 0 Å². The van der Waals surface area contributed by atoms with E-state index in [1.807, 2.05) is 79.0 Å². The van der Waals surface area contributed by atoms with Crippen molar-refractivity contribution in [2.45, 2.75) is 26.6 Å². The number of fused-ring (bicyclic) bond motifs is 1. The number of aromatic carboxylic acids is 1. The number of methoxy groups -OCH3 is 1. The van der Waals surface area contributed by atoms with Crippen molar-refractivity contribution >= 4 is 11.6 Å². The first kappa shape index (κ1) is 20.6. The van der Waals surface area contributed by atoms with Gasteiger partial charge < -0.3 is 14.6 Å². The van der Waals surface area contributed by atoms with Gasteiger partial charge in [0, 0.05) is 0 Å². The molecule has 4 rings (SSSR count). The quantitative estimate of drug-likeness (QED) is 0.443. The van der Waals surface area contributed by atoms with Crippen LogP contribution in [0.1, 0.15) is 40.2 Å². The van der Waals surface area contributed by atoms with Crippen LogP contribution in [0, 0.1) is 6.92 Å². The molecule has 0 saturated heterocycles. The Hall–Kier alpha value is -3.64. The van der Waals surface area contributed by atoms with Crippen LogP contribution in [0.5, 0.6) is 5.88 Å². The summed E-state index contributed by atoms with van der Waals surface area (Å²) in [6, 6.07) is 19.0. The molecule has 0 radical (unpaired) electrons. The molecule has 0 aliphatic heterocycles. The van der Waals surface area contributed by atoms with Crippen molar-refractivity contribution in [3.8, 4) is 17.0 Å². The van der Waals surface area contributed by atoms with Gasteiger partial charge in [-0.2, -0.15) is 4.98 Å². The number of hydrogen-bond acceptors (Lipinski definition) is 4. The molecule has 0 bridgehead atoms. The summed E-state index contributed by atoms with van der Waals surface area (Å²) in [5.74, 6) is -0.412. The van der Waals surface area contributed by atoms with E-state index in [1.54, 1.807) is 13.2 Å². The Morgan fingerprint density at radius 3 is 2.61 bits per heavy atom. The molecule has 1 atom stereocenters. The van der Waals surface area contributed by atoms with Gasteiger partial charge in [-0.3, -0.25) is 4.40 Å². The van der Waals surface area contributed by atoms with E-state index in [-0.39, 0.29) is 11.7 Å². The molecule has 158 valence electrons. The van der Waals surface area contributed by atoms with Gasteiger partial charge in [-0.25, -0.2) is 4.79 Å². The standard InChI is InChI=1S/C25H24N2O4/c1-16-9-11-20(27-14-23(30-3)26-24(16)27)15-31-17(2)19-10-12-21(22(13-19)25(28)29)18-7-5-4-6-8-18/h4-14,17H,15H2,1-3H3,(H,28,29).